The molecule has 0 aliphatic rings. The largest absolute Gasteiger partial charge is 0.494 e. The number of ether oxygens (including phenoxy) is 1. The summed E-state index contributed by atoms with van der Waals surface area (Å²) in [5.41, 5.74) is 2.73. The quantitative estimate of drug-likeness (QED) is 0.673. The van der Waals surface area contributed by atoms with E-state index in [-0.39, 0.29) is 0 Å². The normalized spacial score (nSPS) is 11.6. The molecule has 0 aromatic heterocycles. The monoisotopic (exact) mass is 218 g/mol. The van der Waals surface area contributed by atoms with Crippen molar-refractivity contribution in [2.75, 3.05) is 6.61 Å². The minimum atomic E-state index is 0.796. The predicted molar refractivity (Wildman–Crippen MR) is 70.8 cm³/mol. The van der Waals surface area contributed by atoms with E-state index in [1.54, 1.807) is 0 Å². The van der Waals surface area contributed by atoms with Gasteiger partial charge in [0.1, 0.15) is 5.75 Å². The molecular formula is C15H22O. The summed E-state index contributed by atoms with van der Waals surface area (Å²) < 4.78 is 5.56. The van der Waals surface area contributed by atoms with Gasteiger partial charge in [-0.2, -0.15) is 0 Å². The molecule has 0 radical (unpaired) electrons. The molecule has 0 aliphatic heterocycles. The Morgan fingerprint density at radius 1 is 1.12 bits per heavy atom. The molecule has 1 aromatic carbocycles. The van der Waals surface area contributed by atoms with Crippen LogP contribution in [0.1, 0.15) is 45.6 Å². The van der Waals surface area contributed by atoms with E-state index in [0.717, 1.165) is 31.6 Å². The van der Waals surface area contributed by atoms with Crippen LogP contribution in [0.4, 0.5) is 0 Å². The maximum absolute atomic E-state index is 5.56. The van der Waals surface area contributed by atoms with Crippen LogP contribution in [0.15, 0.2) is 30.3 Å². The van der Waals surface area contributed by atoms with Gasteiger partial charge in [0, 0.05) is 0 Å². The zero-order valence-corrected chi connectivity index (χ0v) is 10.6. The van der Waals surface area contributed by atoms with Gasteiger partial charge in [0.15, 0.2) is 0 Å². The average Bonchev–Trinajstić information content (AvgIpc) is 2.34. The number of hydrogen-bond donors (Lipinski definition) is 0. The second-order valence-electron chi connectivity index (χ2n) is 3.86. The Kier molecular flexibility index (Phi) is 5.69. The Morgan fingerprint density at radius 2 is 1.81 bits per heavy atom. The van der Waals surface area contributed by atoms with Crippen molar-refractivity contribution in [1.29, 1.82) is 0 Å². The van der Waals surface area contributed by atoms with Gasteiger partial charge in [-0.1, -0.05) is 39.0 Å². The summed E-state index contributed by atoms with van der Waals surface area (Å²) in [4.78, 5) is 0. The first-order valence-electron chi connectivity index (χ1n) is 6.24. The van der Waals surface area contributed by atoms with Crippen LogP contribution in [-0.2, 0) is 0 Å². The van der Waals surface area contributed by atoms with Crippen LogP contribution in [0.25, 0.3) is 5.57 Å². The van der Waals surface area contributed by atoms with Crippen LogP contribution >= 0.6 is 0 Å². The molecule has 0 heterocycles. The van der Waals surface area contributed by atoms with Crippen LogP contribution in [0, 0.1) is 0 Å². The standard InChI is InChI=1S/C15H22O/c1-4-7-13(6-3)14-8-10-15(11-9-14)16-12-5-2/h7-11H,4-6,12H2,1-3H3. The minimum absolute atomic E-state index is 0.796. The predicted octanol–water partition coefficient (Wildman–Crippen LogP) is 4.68. The van der Waals surface area contributed by atoms with Gasteiger partial charge in [-0.05, 0) is 42.5 Å². The topological polar surface area (TPSA) is 9.23 Å². The fraction of sp³-hybridized carbons (Fsp3) is 0.467. The molecule has 1 aromatic rings. The molecule has 0 saturated heterocycles. The van der Waals surface area contributed by atoms with E-state index in [9.17, 15) is 0 Å². The Balaban J connectivity index is 2.73. The van der Waals surface area contributed by atoms with E-state index >= 15 is 0 Å². The lowest BCUT2D eigenvalue weighted by Gasteiger charge is -2.07. The molecule has 0 unspecified atom stereocenters. The first-order chi connectivity index (χ1) is 7.81. The summed E-state index contributed by atoms with van der Waals surface area (Å²) in [6, 6.07) is 8.42. The Morgan fingerprint density at radius 3 is 2.31 bits per heavy atom. The second-order valence-corrected chi connectivity index (χ2v) is 3.86. The van der Waals surface area contributed by atoms with Gasteiger partial charge in [0.05, 0.1) is 6.61 Å². The van der Waals surface area contributed by atoms with Gasteiger partial charge in [-0.15, -0.1) is 0 Å². The van der Waals surface area contributed by atoms with Crippen LogP contribution < -0.4 is 4.74 Å². The summed E-state index contributed by atoms with van der Waals surface area (Å²) in [5.74, 6) is 0.970. The third-order valence-electron chi connectivity index (χ3n) is 2.53. The van der Waals surface area contributed by atoms with Crippen LogP contribution in [0.5, 0.6) is 5.75 Å². The molecule has 0 bridgehead atoms. The maximum Gasteiger partial charge on any atom is 0.119 e. The molecule has 88 valence electrons. The van der Waals surface area contributed by atoms with Crippen LogP contribution in [0.2, 0.25) is 0 Å². The third kappa shape index (κ3) is 3.73. The van der Waals surface area contributed by atoms with Crippen LogP contribution in [-0.4, -0.2) is 6.61 Å². The van der Waals surface area contributed by atoms with Crippen molar-refractivity contribution in [1.82, 2.24) is 0 Å². The zero-order valence-electron chi connectivity index (χ0n) is 10.6. The molecule has 0 N–H and O–H groups in total. The molecule has 16 heavy (non-hydrogen) atoms. The molecule has 0 spiro atoms. The smallest absolute Gasteiger partial charge is 0.119 e. The number of rotatable bonds is 6. The maximum atomic E-state index is 5.56. The Bertz CT molecular complexity index is 322. The lowest BCUT2D eigenvalue weighted by atomic mass is 10.0. The van der Waals surface area contributed by atoms with Crippen molar-refractivity contribution in [3.8, 4) is 5.75 Å². The SMILES string of the molecule is CCC=C(CC)c1ccc(OCCC)cc1. The van der Waals surface area contributed by atoms with Crippen molar-refractivity contribution < 1.29 is 4.74 Å². The van der Waals surface area contributed by atoms with Crippen molar-refractivity contribution in [2.45, 2.75) is 40.0 Å². The first-order valence-corrected chi connectivity index (χ1v) is 6.24. The lowest BCUT2D eigenvalue weighted by Crippen LogP contribution is -1.94. The average molecular weight is 218 g/mol. The molecule has 1 rings (SSSR count). The number of hydrogen-bond acceptors (Lipinski definition) is 1. The summed E-state index contributed by atoms with van der Waals surface area (Å²) >= 11 is 0. The highest BCUT2D eigenvalue weighted by atomic mass is 16.5. The molecule has 0 atom stereocenters. The van der Waals surface area contributed by atoms with Gasteiger partial charge in [0.25, 0.3) is 0 Å². The van der Waals surface area contributed by atoms with Crippen molar-refractivity contribution in [3.63, 3.8) is 0 Å². The Hall–Kier alpha value is -1.24. The van der Waals surface area contributed by atoms with Gasteiger partial charge in [-0.25, -0.2) is 0 Å². The number of benzene rings is 1. The summed E-state index contributed by atoms with van der Waals surface area (Å²) in [6.45, 7) is 7.29. The molecule has 0 aliphatic carbocycles. The second kappa shape index (κ2) is 7.10. The van der Waals surface area contributed by atoms with Crippen molar-refractivity contribution in [3.05, 3.63) is 35.9 Å². The highest BCUT2D eigenvalue weighted by Gasteiger charge is 1.99. The highest BCUT2D eigenvalue weighted by Crippen LogP contribution is 2.21. The molecule has 0 fully saturated rings. The van der Waals surface area contributed by atoms with Crippen LogP contribution in [0.3, 0.4) is 0 Å². The third-order valence-corrected chi connectivity index (χ3v) is 2.53. The van der Waals surface area contributed by atoms with Gasteiger partial charge < -0.3 is 4.74 Å². The summed E-state index contributed by atoms with van der Waals surface area (Å²) in [5, 5.41) is 0. The highest BCUT2D eigenvalue weighted by molar-refractivity contribution is 5.65. The van der Waals surface area contributed by atoms with Gasteiger partial charge >= 0.3 is 0 Å². The van der Waals surface area contributed by atoms with Crippen molar-refractivity contribution >= 4 is 5.57 Å². The molecule has 1 heteroatoms. The molecular weight excluding hydrogens is 196 g/mol. The van der Waals surface area contributed by atoms with E-state index in [0.29, 0.717) is 0 Å². The fourth-order valence-corrected chi connectivity index (χ4v) is 1.70. The van der Waals surface area contributed by atoms with Crippen molar-refractivity contribution in [2.24, 2.45) is 0 Å². The van der Waals surface area contributed by atoms with E-state index in [2.05, 4.69) is 51.1 Å². The molecule has 1 nitrogen and oxygen atoms in total. The van der Waals surface area contributed by atoms with E-state index < -0.39 is 0 Å². The summed E-state index contributed by atoms with van der Waals surface area (Å²) in [6.07, 6.45) is 5.53. The fourth-order valence-electron chi connectivity index (χ4n) is 1.70. The van der Waals surface area contributed by atoms with E-state index in [1.165, 1.54) is 11.1 Å². The number of allylic oxidation sites excluding steroid dienone is 2. The summed E-state index contributed by atoms with van der Waals surface area (Å²) in [7, 11) is 0. The van der Waals surface area contributed by atoms with E-state index in [1.807, 2.05) is 0 Å². The molecule has 0 amide bonds. The Labute approximate surface area is 99.1 Å². The first kappa shape index (κ1) is 12.8. The lowest BCUT2D eigenvalue weighted by molar-refractivity contribution is 0.317. The van der Waals surface area contributed by atoms with Gasteiger partial charge in [-0.3, -0.25) is 0 Å². The van der Waals surface area contributed by atoms with Gasteiger partial charge in [0.2, 0.25) is 0 Å². The van der Waals surface area contributed by atoms with E-state index in [4.69, 9.17) is 4.74 Å². The molecule has 0 saturated carbocycles. The zero-order chi connectivity index (χ0) is 11.8. The minimum Gasteiger partial charge on any atom is -0.494 e.